The van der Waals surface area contributed by atoms with Crippen molar-refractivity contribution in [1.29, 1.82) is 0 Å². The topological polar surface area (TPSA) is 61.9 Å². The second-order valence-electron chi connectivity index (χ2n) is 6.10. The number of hydrogen-bond donors (Lipinski definition) is 1. The molecule has 0 radical (unpaired) electrons. The van der Waals surface area contributed by atoms with Gasteiger partial charge in [0.25, 0.3) is 0 Å². The summed E-state index contributed by atoms with van der Waals surface area (Å²) in [5, 5.41) is 2.85. The van der Waals surface area contributed by atoms with Crippen LogP contribution < -0.4 is 5.32 Å². The van der Waals surface area contributed by atoms with Gasteiger partial charge in [0.15, 0.2) is 0 Å². The van der Waals surface area contributed by atoms with Crippen molar-refractivity contribution >= 4 is 17.7 Å². The quantitative estimate of drug-likeness (QED) is 0.868. The lowest BCUT2D eigenvalue weighted by Crippen LogP contribution is -2.38. The number of nitrogens with one attached hydrogen (secondary N) is 1. The van der Waals surface area contributed by atoms with Gasteiger partial charge in [-0.15, -0.1) is 0 Å². The van der Waals surface area contributed by atoms with Crippen molar-refractivity contribution < 1.29 is 14.3 Å². The van der Waals surface area contributed by atoms with Gasteiger partial charge < -0.3 is 15.0 Å². The summed E-state index contributed by atoms with van der Waals surface area (Å²) in [5.74, 6) is -0.447. The van der Waals surface area contributed by atoms with Gasteiger partial charge >= 0.3 is 12.0 Å². The molecule has 2 fully saturated rings. The highest BCUT2D eigenvalue weighted by Crippen LogP contribution is 2.22. The first-order valence-corrected chi connectivity index (χ1v) is 8.16. The fourth-order valence-electron chi connectivity index (χ4n) is 3.41. The van der Waals surface area contributed by atoms with Crippen LogP contribution in [0.1, 0.15) is 29.6 Å². The fraction of sp³-hybridized carbons (Fsp3) is 0.529. The molecule has 1 aromatic rings. The highest BCUT2D eigenvalue weighted by Gasteiger charge is 2.31. The number of anilines is 1. The molecule has 1 N–H and O–H groups in total. The third-order valence-electron chi connectivity index (χ3n) is 4.68. The van der Waals surface area contributed by atoms with Crippen molar-refractivity contribution in [2.24, 2.45) is 0 Å². The number of amides is 2. The standard InChI is InChI=1S/C17H23N3O3/c1-23-16(21)14-6-2-3-7-15(14)18-17(22)20-11-8-13(12-20)19-9-4-5-10-19/h2-3,6-7,13H,4-5,8-12H2,1H3,(H,18,22). The Hall–Kier alpha value is -2.08. The summed E-state index contributed by atoms with van der Waals surface area (Å²) in [7, 11) is 1.34. The molecule has 0 aromatic heterocycles. The molecule has 1 unspecified atom stereocenters. The minimum atomic E-state index is -0.447. The Balaban J connectivity index is 1.63. The molecule has 0 saturated carbocycles. The number of benzene rings is 1. The third kappa shape index (κ3) is 3.47. The number of methoxy groups -OCH3 is 1. The van der Waals surface area contributed by atoms with E-state index in [2.05, 4.69) is 10.2 Å². The Kier molecular flexibility index (Phi) is 4.81. The summed E-state index contributed by atoms with van der Waals surface area (Å²) in [6.07, 6.45) is 3.54. The summed E-state index contributed by atoms with van der Waals surface area (Å²) < 4.78 is 4.76. The minimum absolute atomic E-state index is 0.150. The van der Waals surface area contributed by atoms with Crippen molar-refractivity contribution in [3.8, 4) is 0 Å². The van der Waals surface area contributed by atoms with E-state index in [1.54, 1.807) is 24.3 Å². The average Bonchev–Trinajstić information content (AvgIpc) is 3.25. The Morgan fingerprint density at radius 1 is 1.17 bits per heavy atom. The van der Waals surface area contributed by atoms with E-state index in [0.29, 0.717) is 17.3 Å². The maximum atomic E-state index is 12.5. The number of carbonyl (C=O) groups is 2. The second-order valence-corrected chi connectivity index (χ2v) is 6.10. The van der Waals surface area contributed by atoms with Crippen molar-refractivity contribution in [1.82, 2.24) is 9.80 Å². The van der Waals surface area contributed by atoms with Crippen LogP contribution in [-0.4, -0.2) is 61.1 Å². The van der Waals surface area contributed by atoms with Crippen molar-refractivity contribution in [3.63, 3.8) is 0 Å². The van der Waals surface area contributed by atoms with Gasteiger partial charge in [-0.25, -0.2) is 9.59 Å². The van der Waals surface area contributed by atoms with Gasteiger partial charge in [-0.2, -0.15) is 0 Å². The van der Waals surface area contributed by atoms with Crippen LogP contribution in [0.4, 0.5) is 10.5 Å². The number of urea groups is 1. The molecule has 2 heterocycles. The predicted octanol–water partition coefficient (Wildman–Crippen LogP) is 2.18. The molecule has 23 heavy (non-hydrogen) atoms. The Labute approximate surface area is 136 Å². The van der Waals surface area contributed by atoms with E-state index in [4.69, 9.17) is 4.74 Å². The van der Waals surface area contributed by atoms with Crippen LogP contribution in [0.5, 0.6) is 0 Å². The van der Waals surface area contributed by atoms with Gasteiger partial charge in [0, 0.05) is 19.1 Å². The normalized spacial score (nSPS) is 21.4. The first-order chi connectivity index (χ1) is 11.2. The number of hydrogen-bond acceptors (Lipinski definition) is 4. The molecule has 1 aromatic carbocycles. The lowest BCUT2D eigenvalue weighted by atomic mass is 10.2. The van der Waals surface area contributed by atoms with Crippen LogP contribution in [0.15, 0.2) is 24.3 Å². The lowest BCUT2D eigenvalue weighted by molar-refractivity contribution is 0.0602. The summed E-state index contributed by atoms with van der Waals surface area (Å²) in [6.45, 7) is 3.80. The third-order valence-corrected chi connectivity index (χ3v) is 4.68. The lowest BCUT2D eigenvalue weighted by Gasteiger charge is -2.24. The number of ether oxygens (including phenoxy) is 1. The Morgan fingerprint density at radius 3 is 2.65 bits per heavy atom. The van der Waals surface area contributed by atoms with Crippen LogP contribution in [0, 0.1) is 0 Å². The predicted molar refractivity (Wildman–Crippen MR) is 87.6 cm³/mol. The molecule has 0 aliphatic carbocycles. The fourth-order valence-corrected chi connectivity index (χ4v) is 3.41. The first kappa shape index (κ1) is 15.8. The highest BCUT2D eigenvalue weighted by atomic mass is 16.5. The smallest absolute Gasteiger partial charge is 0.339 e. The van der Waals surface area contributed by atoms with E-state index in [1.165, 1.54) is 20.0 Å². The van der Waals surface area contributed by atoms with E-state index in [0.717, 1.165) is 32.6 Å². The molecule has 6 nitrogen and oxygen atoms in total. The summed E-state index contributed by atoms with van der Waals surface area (Å²) in [4.78, 5) is 28.6. The molecule has 2 amide bonds. The molecule has 2 aliphatic rings. The number of rotatable bonds is 3. The molecule has 0 spiro atoms. The molecule has 3 rings (SSSR count). The highest BCUT2D eigenvalue weighted by molar-refractivity contribution is 6.00. The van der Waals surface area contributed by atoms with E-state index < -0.39 is 5.97 Å². The van der Waals surface area contributed by atoms with Crippen LogP contribution in [0.3, 0.4) is 0 Å². The van der Waals surface area contributed by atoms with Gasteiger partial charge in [0.2, 0.25) is 0 Å². The molecular weight excluding hydrogens is 294 g/mol. The Bertz CT molecular complexity index is 584. The van der Waals surface area contributed by atoms with Crippen molar-refractivity contribution in [2.75, 3.05) is 38.6 Å². The molecule has 2 saturated heterocycles. The largest absolute Gasteiger partial charge is 0.465 e. The zero-order valence-electron chi connectivity index (χ0n) is 13.5. The number of likely N-dealkylation sites (tertiary alicyclic amines) is 2. The van der Waals surface area contributed by atoms with E-state index in [9.17, 15) is 9.59 Å². The van der Waals surface area contributed by atoms with Gasteiger partial charge in [0.1, 0.15) is 0 Å². The number of esters is 1. The zero-order valence-corrected chi connectivity index (χ0v) is 13.5. The molecule has 124 valence electrons. The number of para-hydroxylation sites is 1. The second kappa shape index (κ2) is 7.00. The SMILES string of the molecule is COC(=O)c1ccccc1NC(=O)N1CCC(N2CCCC2)C1. The Morgan fingerprint density at radius 2 is 1.91 bits per heavy atom. The summed E-state index contributed by atoms with van der Waals surface area (Å²) >= 11 is 0. The molecule has 2 aliphatic heterocycles. The van der Waals surface area contributed by atoms with E-state index in [1.807, 2.05) is 4.90 Å². The minimum Gasteiger partial charge on any atom is -0.465 e. The summed E-state index contributed by atoms with van der Waals surface area (Å²) in [5.41, 5.74) is 0.868. The van der Waals surface area contributed by atoms with Crippen LogP contribution in [0.25, 0.3) is 0 Å². The number of nitrogens with zero attached hydrogens (tertiary/aromatic N) is 2. The van der Waals surface area contributed by atoms with Gasteiger partial charge in [-0.3, -0.25) is 4.90 Å². The molecular formula is C17H23N3O3. The maximum Gasteiger partial charge on any atom is 0.339 e. The monoisotopic (exact) mass is 317 g/mol. The average molecular weight is 317 g/mol. The van der Waals surface area contributed by atoms with Crippen LogP contribution in [-0.2, 0) is 4.74 Å². The van der Waals surface area contributed by atoms with Crippen molar-refractivity contribution in [3.05, 3.63) is 29.8 Å². The van der Waals surface area contributed by atoms with Gasteiger partial charge in [0.05, 0.1) is 18.4 Å². The molecule has 1 atom stereocenters. The van der Waals surface area contributed by atoms with Crippen LogP contribution in [0.2, 0.25) is 0 Å². The first-order valence-electron chi connectivity index (χ1n) is 8.16. The van der Waals surface area contributed by atoms with E-state index >= 15 is 0 Å². The summed E-state index contributed by atoms with van der Waals surface area (Å²) in [6, 6.07) is 7.24. The van der Waals surface area contributed by atoms with E-state index in [-0.39, 0.29) is 6.03 Å². The number of carbonyl (C=O) groups excluding carboxylic acids is 2. The molecule has 0 bridgehead atoms. The maximum absolute atomic E-state index is 12.5. The van der Waals surface area contributed by atoms with Gasteiger partial charge in [-0.05, 0) is 44.5 Å². The van der Waals surface area contributed by atoms with Crippen LogP contribution >= 0.6 is 0 Å². The van der Waals surface area contributed by atoms with Crippen molar-refractivity contribution in [2.45, 2.75) is 25.3 Å². The zero-order chi connectivity index (χ0) is 16.2. The van der Waals surface area contributed by atoms with Gasteiger partial charge in [-0.1, -0.05) is 12.1 Å². The molecule has 6 heteroatoms.